The van der Waals surface area contributed by atoms with Crippen LogP contribution in [0, 0.1) is 6.92 Å². The summed E-state index contributed by atoms with van der Waals surface area (Å²) in [5, 5.41) is 0. The van der Waals surface area contributed by atoms with Crippen LogP contribution in [-0.4, -0.2) is 202 Å². The monoisotopic (exact) mass is 1430 g/mol. The molecule has 14 rings (SSSR count). The van der Waals surface area contributed by atoms with Gasteiger partial charge in [0.15, 0.2) is 6.61 Å². The van der Waals surface area contributed by atoms with Crippen LogP contribution in [0.4, 0.5) is 18.9 Å². The van der Waals surface area contributed by atoms with Gasteiger partial charge in [-0.15, -0.1) is 0 Å². The number of rotatable bonds is 17. The van der Waals surface area contributed by atoms with Crippen molar-refractivity contribution in [3.8, 4) is 5.88 Å². The summed E-state index contributed by atoms with van der Waals surface area (Å²) in [5.74, 6) is -0.459. The summed E-state index contributed by atoms with van der Waals surface area (Å²) in [7, 11) is 0. The number of hydrogen-bond donors (Lipinski definition) is 0. The van der Waals surface area contributed by atoms with Crippen LogP contribution in [-0.2, 0) is 44.4 Å². The van der Waals surface area contributed by atoms with E-state index in [1.165, 1.54) is 40.7 Å². The molecule has 6 aromatic rings. The Morgan fingerprint density at radius 1 is 0.490 bits per heavy atom. The number of alkyl halides is 3. The van der Waals surface area contributed by atoms with Gasteiger partial charge < -0.3 is 62.2 Å². The highest BCUT2D eigenvalue weighted by Crippen LogP contribution is 2.48. The fraction of sp³-hybridized carbons (Fsp3) is 0.542. The van der Waals surface area contributed by atoms with Crippen LogP contribution in [0.25, 0.3) is 0 Å². The standard InChI is InChI=1S/2C29H38N2O4.C25H29F3N2O4/c1-3-34-25-20-27(23-7-5-4-6-8-23)35-29(21-25)11-13-31(14-12-29)28(32)24-9-10-26(22(2)19-24)30-15-17-33-18-16-30;1-2-34-26-20-27(24-6-4-3-5-7-24)35-29(21-26)12-14-31(15-13-29)28(32)25-10-8-23(9-11-25)22-30-16-18-33-19-17-30;1-2-32-19-15-21(18-7-4-3-5-8-18)34-24(16-19)10-13-30(14-11-24)23(31)20-9-6-12-29-22(20)33-17-25(26,27)28/h4-10,19,25,27H,3,11-18,20-21H2,1-2H3;3-11,26-27H,2,12-22H2,1H3;3-9,12,19,21H,2,10-11,13-17H2,1H3. The molecule has 104 heavy (non-hydrogen) atoms. The second-order valence-corrected chi connectivity index (χ2v) is 29.0. The Balaban J connectivity index is 0.000000147. The molecule has 18 nitrogen and oxygen atoms in total. The predicted octanol–water partition coefficient (Wildman–Crippen LogP) is 14.2. The van der Waals surface area contributed by atoms with Gasteiger partial charge in [-0.2, -0.15) is 13.2 Å². The number of anilines is 1. The molecule has 0 N–H and O–H groups in total. The lowest BCUT2D eigenvalue weighted by Crippen LogP contribution is -2.52. The highest BCUT2D eigenvalue weighted by atomic mass is 19.4. The van der Waals surface area contributed by atoms with Gasteiger partial charge in [0.25, 0.3) is 17.7 Å². The number of amides is 3. The molecule has 3 amide bonds. The van der Waals surface area contributed by atoms with Crippen LogP contribution in [0.2, 0.25) is 0 Å². The Morgan fingerprint density at radius 2 is 0.894 bits per heavy atom. The fourth-order valence-electron chi connectivity index (χ4n) is 16.5. The summed E-state index contributed by atoms with van der Waals surface area (Å²) in [6.07, 6.45) is 6.96. The molecule has 0 bridgehead atoms. The molecule has 0 aliphatic carbocycles. The molecule has 5 aromatic carbocycles. The van der Waals surface area contributed by atoms with E-state index >= 15 is 0 Å². The third-order valence-corrected chi connectivity index (χ3v) is 21.9. The highest BCUT2D eigenvalue weighted by Gasteiger charge is 2.49. The number of carbonyl (C=O) groups excluding carboxylic acids is 3. The maximum absolute atomic E-state index is 13.4. The molecule has 8 saturated heterocycles. The number of benzene rings is 5. The Labute approximate surface area is 611 Å². The van der Waals surface area contributed by atoms with E-state index in [2.05, 4.69) is 114 Å². The molecule has 1 aromatic heterocycles. The number of ether oxygens (including phenoxy) is 9. The zero-order valence-electron chi connectivity index (χ0n) is 61.0. The van der Waals surface area contributed by atoms with Crippen molar-refractivity contribution < 1.29 is 70.2 Å². The van der Waals surface area contributed by atoms with Crippen LogP contribution in [0.5, 0.6) is 5.88 Å². The van der Waals surface area contributed by atoms with Crippen LogP contribution in [0.3, 0.4) is 0 Å². The molecule has 0 saturated carbocycles. The first-order valence-electron chi connectivity index (χ1n) is 37.9. The van der Waals surface area contributed by atoms with Crippen molar-refractivity contribution >= 4 is 23.4 Å². The minimum Gasteiger partial charge on any atom is -0.467 e. The summed E-state index contributed by atoms with van der Waals surface area (Å²) < 4.78 is 91.9. The van der Waals surface area contributed by atoms with Gasteiger partial charge in [0, 0.05) is 153 Å². The van der Waals surface area contributed by atoms with E-state index in [1.54, 1.807) is 4.90 Å². The molecular weight excluding hydrogens is 1330 g/mol. The van der Waals surface area contributed by atoms with Gasteiger partial charge in [-0.3, -0.25) is 19.3 Å². The van der Waals surface area contributed by atoms with Gasteiger partial charge in [0.05, 0.1) is 79.9 Å². The van der Waals surface area contributed by atoms with Crippen molar-refractivity contribution in [2.45, 2.75) is 171 Å². The summed E-state index contributed by atoms with van der Waals surface area (Å²) >= 11 is 0. The lowest BCUT2D eigenvalue weighted by Gasteiger charge is -2.48. The van der Waals surface area contributed by atoms with Gasteiger partial charge >= 0.3 is 6.18 Å². The second kappa shape index (κ2) is 35.9. The maximum atomic E-state index is 13.4. The number of nitrogens with zero attached hydrogens (tertiary/aromatic N) is 6. The molecule has 8 aliphatic heterocycles. The molecule has 8 fully saturated rings. The van der Waals surface area contributed by atoms with Gasteiger partial charge in [-0.05, 0) is 137 Å². The average Bonchev–Trinajstić information content (AvgIpc) is 0.788. The second-order valence-electron chi connectivity index (χ2n) is 29.0. The van der Waals surface area contributed by atoms with Crippen molar-refractivity contribution in [3.05, 3.63) is 196 Å². The van der Waals surface area contributed by atoms with Crippen molar-refractivity contribution in [3.63, 3.8) is 0 Å². The van der Waals surface area contributed by atoms with E-state index < -0.39 is 24.3 Å². The van der Waals surface area contributed by atoms with Gasteiger partial charge in [0.2, 0.25) is 5.88 Å². The predicted molar refractivity (Wildman–Crippen MR) is 391 cm³/mol. The lowest BCUT2D eigenvalue weighted by atomic mass is 9.80. The van der Waals surface area contributed by atoms with Crippen molar-refractivity contribution in [2.75, 3.05) is 123 Å². The number of carbonyl (C=O) groups is 3. The molecular formula is C83H105F3N6O12. The van der Waals surface area contributed by atoms with Crippen LogP contribution in [0.15, 0.2) is 152 Å². The number of piperidine rings is 3. The van der Waals surface area contributed by atoms with Crippen molar-refractivity contribution in [1.29, 1.82) is 0 Å². The van der Waals surface area contributed by atoms with Crippen molar-refractivity contribution in [1.82, 2.24) is 24.6 Å². The summed E-state index contributed by atoms with van der Waals surface area (Å²) in [4.78, 5) is 54.0. The molecule has 6 atom stereocenters. The van der Waals surface area contributed by atoms with E-state index in [4.69, 9.17) is 42.6 Å². The van der Waals surface area contributed by atoms with E-state index in [-0.39, 0.29) is 71.1 Å². The van der Waals surface area contributed by atoms with Crippen LogP contribution in [0.1, 0.15) is 175 Å². The van der Waals surface area contributed by atoms with Crippen molar-refractivity contribution in [2.24, 2.45) is 0 Å². The smallest absolute Gasteiger partial charge is 0.422 e. The Kier molecular flexibility index (Phi) is 26.3. The van der Waals surface area contributed by atoms with E-state index in [9.17, 15) is 27.6 Å². The van der Waals surface area contributed by atoms with E-state index in [0.29, 0.717) is 71.9 Å². The molecule has 9 heterocycles. The van der Waals surface area contributed by atoms with E-state index in [0.717, 1.165) is 146 Å². The minimum absolute atomic E-state index is 0.0293. The normalized spacial score (nSPS) is 24.0. The number of aryl methyl sites for hydroxylation is 1. The quantitative estimate of drug-likeness (QED) is 0.0847. The lowest BCUT2D eigenvalue weighted by molar-refractivity contribution is -0.191. The molecule has 21 heteroatoms. The zero-order chi connectivity index (χ0) is 72.5. The highest BCUT2D eigenvalue weighted by molar-refractivity contribution is 5.97. The fourth-order valence-corrected chi connectivity index (χ4v) is 16.5. The third-order valence-electron chi connectivity index (χ3n) is 21.9. The maximum Gasteiger partial charge on any atom is 0.422 e. The van der Waals surface area contributed by atoms with Crippen LogP contribution >= 0.6 is 0 Å². The summed E-state index contributed by atoms with van der Waals surface area (Å²) in [5.41, 5.74) is 7.82. The minimum atomic E-state index is -4.51. The molecule has 6 unspecified atom stereocenters. The number of halogens is 3. The molecule has 560 valence electrons. The summed E-state index contributed by atoms with van der Waals surface area (Å²) in [6, 6.07) is 48.3. The number of likely N-dealkylation sites (tertiary alicyclic amines) is 3. The number of aromatic nitrogens is 1. The Bertz CT molecular complexity index is 3670. The molecule has 0 radical (unpaired) electrons. The molecule has 3 spiro atoms. The largest absolute Gasteiger partial charge is 0.467 e. The first-order valence-corrected chi connectivity index (χ1v) is 37.9. The third kappa shape index (κ3) is 20.0. The average molecular weight is 1440 g/mol. The van der Waals surface area contributed by atoms with E-state index in [1.807, 2.05) is 71.3 Å². The first-order chi connectivity index (χ1) is 50.5. The van der Waals surface area contributed by atoms with Crippen LogP contribution < -0.4 is 9.64 Å². The van der Waals surface area contributed by atoms with Gasteiger partial charge in [0.1, 0.15) is 5.56 Å². The Morgan fingerprint density at radius 3 is 1.31 bits per heavy atom. The van der Waals surface area contributed by atoms with Gasteiger partial charge in [-0.25, -0.2) is 4.98 Å². The zero-order valence-corrected chi connectivity index (χ0v) is 61.0. The summed E-state index contributed by atoms with van der Waals surface area (Å²) in [6.45, 7) is 20.2. The molecule has 8 aliphatic rings. The number of pyridine rings is 1. The topological polar surface area (TPSA) is 163 Å². The Hall–Kier alpha value is -7.31. The first kappa shape index (κ1) is 76.3. The van der Waals surface area contributed by atoms with Gasteiger partial charge in [-0.1, -0.05) is 103 Å². The SMILES string of the molecule is CCOC1CC(c2ccccc2)OC2(CCN(C(=O)c3ccc(CN4CCOCC4)cc3)CC2)C1.CCOC1CC(c2ccccc2)OC2(CCN(C(=O)c3ccc(N4CCOCC4)c(C)c3)CC2)C1.CCOC1CC(c2ccccc2)OC2(CCN(C(=O)c3cccnc3OCC(F)(F)F)CC2)C1. The number of hydrogen-bond acceptors (Lipinski definition) is 15. The number of morpholine rings is 2.